The van der Waals surface area contributed by atoms with E-state index in [1.165, 1.54) is 0 Å². The summed E-state index contributed by atoms with van der Waals surface area (Å²) in [7, 11) is 0. The van der Waals surface area contributed by atoms with Crippen molar-refractivity contribution in [2.24, 2.45) is 0 Å². The maximum atomic E-state index is 13.4. The van der Waals surface area contributed by atoms with Gasteiger partial charge in [0.1, 0.15) is 6.67 Å². The minimum atomic E-state index is -3.76. The fraction of sp³-hybridized carbons (Fsp3) is 0.778. The molecule has 0 aromatic heterocycles. The fourth-order valence-electron chi connectivity index (χ4n) is 1.01. The van der Waals surface area contributed by atoms with Crippen LogP contribution >= 0.6 is 23.2 Å². The topological polar surface area (TPSA) is 0 Å². The molecule has 0 nitrogen and oxygen atoms in total. The van der Waals surface area contributed by atoms with E-state index < -0.39 is 24.7 Å². The first-order chi connectivity index (χ1) is 6.93. The molecule has 0 heterocycles. The van der Waals surface area contributed by atoms with Crippen LogP contribution in [0.15, 0.2) is 11.6 Å². The van der Waals surface area contributed by atoms with Crippen molar-refractivity contribution in [2.45, 2.75) is 30.9 Å². The van der Waals surface area contributed by atoms with E-state index in [-0.39, 0.29) is 12.3 Å². The molecule has 6 heteroatoms. The first kappa shape index (κ1) is 15.0. The highest BCUT2D eigenvalue weighted by molar-refractivity contribution is 6.25. The van der Waals surface area contributed by atoms with Crippen LogP contribution in [-0.2, 0) is 0 Å². The Morgan fingerprint density at radius 1 is 1.13 bits per heavy atom. The summed E-state index contributed by atoms with van der Waals surface area (Å²) in [4.78, 5) is 0. The standard InChI is InChI=1S/C9H12Cl2F4/c10-5-2-1-3-9(14,15)8(13,7-12)4-6-11/h4,6H,1-3,5,7H2. The second-order valence-electron chi connectivity index (χ2n) is 3.14. The van der Waals surface area contributed by atoms with Crippen LogP contribution in [0.3, 0.4) is 0 Å². The molecule has 1 unspecified atom stereocenters. The summed E-state index contributed by atoms with van der Waals surface area (Å²) in [6.07, 6.45) is -0.0288. The van der Waals surface area contributed by atoms with Crippen LogP contribution in [-0.4, -0.2) is 24.1 Å². The molecule has 0 saturated heterocycles. The smallest absolute Gasteiger partial charge is 0.247 e. The summed E-state index contributed by atoms with van der Waals surface area (Å²) >= 11 is 10.3. The van der Waals surface area contributed by atoms with Gasteiger partial charge in [-0.25, -0.2) is 17.6 Å². The number of allylic oxidation sites excluding steroid dienone is 1. The van der Waals surface area contributed by atoms with E-state index in [4.69, 9.17) is 23.2 Å². The highest BCUT2D eigenvalue weighted by Crippen LogP contribution is 2.38. The number of unbranched alkanes of at least 4 members (excludes halogenated alkanes) is 1. The molecule has 0 N–H and O–H groups in total. The van der Waals surface area contributed by atoms with Crippen molar-refractivity contribution in [2.75, 3.05) is 12.6 Å². The van der Waals surface area contributed by atoms with Crippen LogP contribution in [0.1, 0.15) is 19.3 Å². The van der Waals surface area contributed by atoms with E-state index in [0.717, 1.165) is 0 Å². The van der Waals surface area contributed by atoms with Gasteiger partial charge in [-0.3, -0.25) is 0 Å². The van der Waals surface area contributed by atoms with Crippen LogP contribution in [0.25, 0.3) is 0 Å². The third-order valence-corrected chi connectivity index (χ3v) is 2.40. The van der Waals surface area contributed by atoms with Gasteiger partial charge in [-0.15, -0.1) is 11.6 Å². The molecule has 0 fully saturated rings. The zero-order valence-electron chi connectivity index (χ0n) is 7.96. The average molecular weight is 267 g/mol. The van der Waals surface area contributed by atoms with Gasteiger partial charge in [-0.2, -0.15) is 0 Å². The minimum Gasteiger partial charge on any atom is -0.247 e. The normalized spacial score (nSPS) is 16.9. The summed E-state index contributed by atoms with van der Waals surface area (Å²) in [5.74, 6) is -3.55. The van der Waals surface area contributed by atoms with E-state index in [9.17, 15) is 17.6 Å². The molecule has 0 aliphatic rings. The first-order valence-corrected chi connectivity index (χ1v) is 5.37. The predicted molar refractivity (Wildman–Crippen MR) is 54.3 cm³/mol. The molecule has 0 aliphatic heterocycles. The molecule has 0 aliphatic carbocycles. The van der Waals surface area contributed by atoms with Gasteiger partial charge < -0.3 is 0 Å². The maximum Gasteiger partial charge on any atom is 0.287 e. The van der Waals surface area contributed by atoms with E-state index >= 15 is 0 Å². The Bertz CT molecular complexity index is 208. The summed E-state index contributed by atoms with van der Waals surface area (Å²) in [6.45, 7) is -1.80. The first-order valence-electron chi connectivity index (χ1n) is 4.40. The summed E-state index contributed by atoms with van der Waals surface area (Å²) in [5, 5.41) is 0. The van der Waals surface area contributed by atoms with Gasteiger partial charge in [0.05, 0.1) is 0 Å². The molecular formula is C9H12Cl2F4. The number of rotatable bonds is 7. The summed E-state index contributed by atoms with van der Waals surface area (Å²) in [6, 6.07) is 0. The molecule has 0 aromatic rings. The molecule has 1 atom stereocenters. The number of hydrogen-bond donors (Lipinski definition) is 0. The molecule has 15 heavy (non-hydrogen) atoms. The zero-order chi connectivity index (χ0) is 11.9. The van der Waals surface area contributed by atoms with Crippen molar-refractivity contribution < 1.29 is 17.6 Å². The Kier molecular flexibility index (Phi) is 6.60. The Balaban J connectivity index is 4.50. The molecule has 90 valence electrons. The van der Waals surface area contributed by atoms with E-state index in [1.807, 2.05) is 0 Å². The monoisotopic (exact) mass is 266 g/mol. The van der Waals surface area contributed by atoms with Gasteiger partial charge in [-0.05, 0) is 18.9 Å². The highest BCUT2D eigenvalue weighted by atomic mass is 35.5. The Morgan fingerprint density at radius 2 is 1.73 bits per heavy atom. The van der Waals surface area contributed by atoms with Crippen LogP contribution in [0.5, 0.6) is 0 Å². The second kappa shape index (κ2) is 6.59. The average Bonchev–Trinajstić information content (AvgIpc) is 2.18. The maximum absolute atomic E-state index is 13.4. The predicted octanol–water partition coefficient (Wildman–Crippen LogP) is 4.46. The van der Waals surface area contributed by atoms with Crippen molar-refractivity contribution >= 4 is 23.2 Å². The van der Waals surface area contributed by atoms with Crippen molar-refractivity contribution in [3.05, 3.63) is 11.6 Å². The van der Waals surface area contributed by atoms with Crippen LogP contribution in [0.2, 0.25) is 0 Å². The summed E-state index contributed by atoms with van der Waals surface area (Å²) in [5.41, 5.74) is -2.75. The SMILES string of the molecule is FCC(F)(C=CCl)C(F)(F)CCCCCl. The van der Waals surface area contributed by atoms with Crippen LogP contribution in [0.4, 0.5) is 17.6 Å². The zero-order valence-corrected chi connectivity index (χ0v) is 9.47. The van der Waals surface area contributed by atoms with Crippen LogP contribution in [0, 0.1) is 0 Å². The molecule has 0 amide bonds. The van der Waals surface area contributed by atoms with Gasteiger partial charge in [-0.1, -0.05) is 11.6 Å². The molecule has 0 spiro atoms. The van der Waals surface area contributed by atoms with Gasteiger partial charge >= 0.3 is 0 Å². The molecule has 0 rings (SSSR count). The van der Waals surface area contributed by atoms with E-state index in [0.29, 0.717) is 18.0 Å². The van der Waals surface area contributed by atoms with Gasteiger partial charge in [0.25, 0.3) is 5.92 Å². The molecule has 0 radical (unpaired) electrons. The lowest BCUT2D eigenvalue weighted by Crippen LogP contribution is -2.44. The molecule has 0 saturated carbocycles. The van der Waals surface area contributed by atoms with Crippen molar-refractivity contribution in [1.82, 2.24) is 0 Å². The molecular weight excluding hydrogens is 255 g/mol. The van der Waals surface area contributed by atoms with Crippen LogP contribution < -0.4 is 0 Å². The van der Waals surface area contributed by atoms with Gasteiger partial charge in [0.15, 0.2) is 0 Å². The Labute approximate surface area is 96.2 Å². The lowest BCUT2D eigenvalue weighted by molar-refractivity contribution is -0.127. The van der Waals surface area contributed by atoms with Gasteiger partial charge in [0.2, 0.25) is 5.67 Å². The second-order valence-corrected chi connectivity index (χ2v) is 3.77. The third-order valence-electron chi connectivity index (χ3n) is 2.00. The lowest BCUT2D eigenvalue weighted by Gasteiger charge is -2.28. The number of hydrogen-bond acceptors (Lipinski definition) is 0. The van der Waals surface area contributed by atoms with Gasteiger partial charge in [0, 0.05) is 17.8 Å². The van der Waals surface area contributed by atoms with Crippen molar-refractivity contribution in [3.8, 4) is 0 Å². The highest BCUT2D eigenvalue weighted by Gasteiger charge is 2.52. The number of halogens is 6. The Hall–Kier alpha value is 0.0400. The Morgan fingerprint density at radius 3 is 2.13 bits per heavy atom. The summed E-state index contributed by atoms with van der Waals surface area (Å²) < 4.78 is 52.1. The third kappa shape index (κ3) is 4.19. The molecule has 0 aromatic carbocycles. The number of alkyl halides is 5. The van der Waals surface area contributed by atoms with Crippen molar-refractivity contribution in [3.63, 3.8) is 0 Å². The van der Waals surface area contributed by atoms with E-state index in [2.05, 4.69) is 0 Å². The van der Waals surface area contributed by atoms with Crippen molar-refractivity contribution in [1.29, 1.82) is 0 Å². The minimum absolute atomic E-state index is 0.0400. The lowest BCUT2D eigenvalue weighted by atomic mass is 9.95. The fourth-order valence-corrected chi connectivity index (χ4v) is 1.40. The quantitative estimate of drug-likeness (QED) is 0.363. The molecule has 0 bridgehead atoms. The largest absolute Gasteiger partial charge is 0.287 e. The van der Waals surface area contributed by atoms with E-state index in [1.54, 1.807) is 0 Å².